The molecule has 0 aliphatic heterocycles. The average Bonchev–Trinajstić information content (AvgIpc) is 2.39. The summed E-state index contributed by atoms with van der Waals surface area (Å²) in [6, 6.07) is 14.2. The smallest absolute Gasteiger partial charge is 0.744 e. The third-order valence-electron chi connectivity index (χ3n) is 2.37. The van der Waals surface area contributed by atoms with Gasteiger partial charge in [0.1, 0.15) is 10.1 Å². The Bertz CT molecular complexity index is 684. The summed E-state index contributed by atoms with van der Waals surface area (Å²) in [5.41, 5.74) is 0.708. The molecule has 0 fully saturated rings. The number of carbonyl (C=O) groups excluding carboxylic acids is 1. The van der Waals surface area contributed by atoms with E-state index >= 15 is 0 Å². The quantitative estimate of drug-likeness (QED) is 0.552. The summed E-state index contributed by atoms with van der Waals surface area (Å²) in [5.74, 6) is -1.13. The number of hydrogen-bond donors (Lipinski definition) is 0. The van der Waals surface area contributed by atoms with Crippen LogP contribution in [0.5, 0.6) is 0 Å². The first-order chi connectivity index (χ1) is 9.32. The topological polar surface area (TPSA) is 97.3 Å². The first kappa shape index (κ1) is 19.6. The van der Waals surface area contributed by atoms with Crippen molar-refractivity contribution < 1.29 is 45.3 Å². The van der Waals surface area contributed by atoms with E-state index < -0.39 is 16.1 Å². The van der Waals surface area contributed by atoms with E-state index in [9.17, 15) is 22.9 Å². The molecule has 0 aliphatic carbocycles. The summed E-state index contributed by atoms with van der Waals surface area (Å²) in [6.07, 6.45) is 0. The van der Waals surface area contributed by atoms with Gasteiger partial charge in [-0.15, -0.1) is 0 Å². The molecule has 115 valence electrons. The van der Waals surface area contributed by atoms with E-state index in [-0.39, 0.29) is 32.8 Å². The Balaban J connectivity index is 0.000000370. The fraction of sp³-hybridized carbons (Fsp3) is 0.0714. The van der Waals surface area contributed by atoms with Crippen LogP contribution in [0.2, 0.25) is 0 Å². The van der Waals surface area contributed by atoms with Gasteiger partial charge in [-0.2, -0.15) is 0 Å². The summed E-state index contributed by atoms with van der Waals surface area (Å²) in [5, 5.41) is 10.1. The van der Waals surface area contributed by atoms with E-state index in [4.69, 9.17) is 0 Å². The molecule has 0 unspecified atom stereocenters. The molecule has 0 aromatic heterocycles. The number of hydrogen-bond acceptors (Lipinski definition) is 5. The number of rotatable bonds is 2. The number of carbonyl (C=O) groups is 1. The first-order valence-electron chi connectivity index (χ1n) is 5.60. The van der Waals surface area contributed by atoms with Crippen LogP contribution in [0.3, 0.4) is 0 Å². The van der Waals surface area contributed by atoms with Crippen LogP contribution >= 0.6 is 0 Å². The molecule has 0 bridgehead atoms. The Morgan fingerprint density at radius 3 is 1.76 bits per heavy atom. The molecular formula is C14H12AgO5S. The Morgan fingerprint density at radius 1 is 0.952 bits per heavy atom. The summed E-state index contributed by atoms with van der Waals surface area (Å²) >= 11 is 0. The number of aromatic carboxylic acids is 1. The fourth-order valence-corrected chi connectivity index (χ4v) is 2.12. The Kier molecular flexibility index (Phi) is 8.16. The van der Waals surface area contributed by atoms with Crippen LogP contribution in [0.15, 0.2) is 59.5 Å². The molecule has 7 heteroatoms. The predicted octanol–water partition coefficient (Wildman–Crippen LogP) is 0.947. The van der Waals surface area contributed by atoms with Crippen LogP contribution in [-0.4, -0.2) is 18.9 Å². The minimum absolute atomic E-state index is 0. The number of carboxylic acids is 1. The van der Waals surface area contributed by atoms with Crippen molar-refractivity contribution in [1.82, 2.24) is 0 Å². The molecule has 0 aliphatic rings. The van der Waals surface area contributed by atoms with Crippen molar-refractivity contribution in [3.8, 4) is 0 Å². The maximum atomic E-state index is 10.5. The van der Waals surface area contributed by atoms with E-state index in [0.29, 0.717) is 5.56 Å². The molecule has 0 atom stereocenters. The fourth-order valence-electron chi connectivity index (χ4n) is 1.41. The van der Waals surface area contributed by atoms with Crippen molar-refractivity contribution in [3.63, 3.8) is 0 Å². The zero-order valence-electron chi connectivity index (χ0n) is 10.9. The molecule has 0 saturated carbocycles. The van der Waals surface area contributed by atoms with Crippen molar-refractivity contribution in [2.45, 2.75) is 11.8 Å². The minimum atomic E-state index is -4.28. The third-order valence-corrected chi connectivity index (χ3v) is 3.37. The zero-order valence-corrected chi connectivity index (χ0v) is 13.2. The Labute approximate surface area is 138 Å². The van der Waals surface area contributed by atoms with Crippen molar-refractivity contribution in [2.24, 2.45) is 0 Å². The van der Waals surface area contributed by atoms with Gasteiger partial charge in [0, 0.05) is 0 Å². The van der Waals surface area contributed by atoms with Gasteiger partial charge in [0.05, 0.1) is 10.9 Å². The molecule has 0 heterocycles. The van der Waals surface area contributed by atoms with Crippen LogP contribution in [0.25, 0.3) is 0 Å². The van der Waals surface area contributed by atoms with Crippen LogP contribution < -0.4 is 5.11 Å². The Morgan fingerprint density at radius 2 is 1.43 bits per heavy atom. The van der Waals surface area contributed by atoms with Crippen LogP contribution in [0.1, 0.15) is 15.9 Å². The second kappa shape index (κ2) is 8.76. The summed E-state index contributed by atoms with van der Waals surface area (Å²) in [6.45, 7) is 1.59. The average molecular weight is 400 g/mol. The summed E-state index contributed by atoms with van der Waals surface area (Å²) in [7, 11) is -4.28. The normalized spacial score (nSPS) is 9.81. The second-order valence-corrected chi connectivity index (χ2v) is 5.22. The Hall–Kier alpha value is -1.44. The zero-order chi connectivity index (χ0) is 15.2. The third kappa shape index (κ3) is 6.70. The van der Waals surface area contributed by atoms with Crippen LogP contribution in [0, 0.1) is 6.92 Å². The van der Waals surface area contributed by atoms with Gasteiger partial charge in [-0.25, -0.2) is 8.42 Å². The van der Waals surface area contributed by atoms with Gasteiger partial charge < -0.3 is 14.5 Å². The monoisotopic (exact) mass is 399 g/mol. The van der Waals surface area contributed by atoms with Crippen molar-refractivity contribution >= 4 is 16.1 Å². The maximum Gasteiger partial charge on any atom is 2.00 e. The van der Waals surface area contributed by atoms with Gasteiger partial charge in [0.2, 0.25) is 0 Å². The standard InChI is InChI=1S/C7H8O3S.C7H6O2.Ag/c1-6-4-2-3-5-7(6)11(8,9)10;8-7(9)6-4-2-1-3-5-6;/h2-5H,1H3,(H,8,9,10);1-5H,(H,8,9);/q;;+2/p-2. The van der Waals surface area contributed by atoms with E-state index in [1.807, 2.05) is 0 Å². The number of benzene rings is 2. The summed E-state index contributed by atoms with van der Waals surface area (Å²) < 4.78 is 31.5. The largest absolute Gasteiger partial charge is 2.00 e. The van der Waals surface area contributed by atoms with Gasteiger partial charge in [0.15, 0.2) is 0 Å². The molecule has 2 rings (SSSR count). The molecule has 0 amide bonds. The molecule has 5 nitrogen and oxygen atoms in total. The molecule has 2 aromatic carbocycles. The van der Waals surface area contributed by atoms with Crippen LogP contribution in [0.4, 0.5) is 0 Å². The van der Waals surface area contributed by atoms with Crippen molar-refractivity contribution in [2.75, 3.05) is 0 Å². The molecule has 2 aromatic rings. The maximum absolute atomic E-state index is 10.5. The molecule has 1 radical (unpaired) electrons. The van der Waals surface area contributed by atoms with Gasteiger partial charge in [-0.1, -0.05) is 48.5 Å². The van der Waals surface area contributed by atoms with Gasteiger partial charge in [-0.3, -0.25) is 0 Å². The van der Waals surface area contributed by atoms with Crippen molar-refractivity contribution in [1.29, 1.82) is 0 Å². The van der Waals surface area contributed by atoms with Crippen molar-refractivity contribution in [3.05, 3.63) is 65.7 Å². The predicted molar refractivity (Wildman–Crippen MR) is 69.9 cm³/mol. The van der Waals surface area contributed by atoms with Crippen LogP contribution in [-0.2, 0) is 32.5 Å². The van der Waals surface area contributed by atoms with E-state index in [2.05, 4.69) is 0 Å². The van der Waals surface area contributed by atoms with Gasteiger partial charge in [0.25, 0.3) is 0 Å². The second-order valence-electron chi connectivity index (χ2n) is 3.87. The SMILES string of the molecule is Cc1ccccc1S(=O)(=O)[O-].O=C([O-])c1ccccc1.[Ag+2]. The van der Waals surface area contributed by atoms with Gasteiger partial charge in [-0.05, 0) is 24.1 Å². The van der Waals surface area contributed by atoms with Gasteiger partial charge >= 0.3 is 22.4 Å². The van der Waals surface area contributed by atoms with E-state index in [1.165, 1.54) is 24.3 Å². The van der Waals surface area contributed by atoms with E-state index in [0.717, 1.165) is 0 Å². The first-order valence-corrected chi connectivity index (χ1v) is 7.01. The summed E-state index contributed by atoms with van der Waals surface area (Å²) in [4.78, 5) is 9.95. The molecule has 0 saturated heterocycles. The number of aryl methyl sites for hydroxylation is 1. The van der Waals surface area contributed by atoms with E-state index in [1.54, 1.807) is 37.3 Å². The molecule has 0 spiro atoms. The minimum Gasteiger partial charge on any atom is -0.744 e. The molecule has 21 heavy (non-hydrogen) atoms. The number of carboxylic acid groups (broad SMARTS) is 1. The molecule has 0 N–H and O–H groups in total. The molecular weight excluding hydrogens is 388 g/mol.